The van der Waals surface area contributed by atoms with Gasteiger partial charge in [-0.05, 0) is 42.8 Å². The van der Waals surface area contributed by atoms with Gasteiger partial charge in [-0.1, -0.05) is 15.9 Å². The van der Waals surface area contributed by atoms with E-state index in [0.29, 0.717) is 17.0 Å². The van der Waals surface area contributed by atoms with Crippen molar-refractivity contribution in [1.29, 1.82) is 0 Å². The molecule has 0 saturated heterocycles. The lowest BCUT2D eigenvalue weighted by atomic mass is 10.0. The quantitative estimate of drug-likeness (QED) is 0.816. The summed E-state index contributed by atoms with van der Waals surface area (Å²) in [7, 11) is 1.53. The fourth-order valence-corrected chi connectivity index (χ4v) is 1.90. The number of hydrogen-bond donors (Lipinski definition) is 0. The molecule has 0 unspecified atom stereocenters. The second-order valence-electron chi connectivity index (χ2n) is 3.85. The second-order valence-corrected chi connectivity index (χ2v) is 4.70. The van der Waals surface area contributed by atoms with Gasteiger partial charge in [-0.15, -0.1) is 0 Å². The summed E-state index contributed by atoms with van der Waals surface area (Å²) in [6.07, 6.45) is 1.58. The van der Waals surface area contributed by atoms with Crippen LogP contribution in [0.15, 0.2) is 41.0 Å². The highest BCUT2D eigenvalue weighted by Gasteiger charge is 2.16. The van der Waals surface area contributed by atoms with Crippen LogP contribution in [-0.2, 0) is 0 Å². The maximum absolute atomic E-state index is 12.3. The number of ether oxygens (including phenoxy) is 1. The molecule has 3 nitrogen and oxygen atoms in total. The van der Waals surface area contributed by atoms with Crippen LogP contribution in [0.5, 0.6) is 5.75 Å². The number of halogens is 1. The Bertz CT molecular complexity index is 596. The third kappa shape index (κ3) is 2.43. The Morgan fingerprint density at radius 1 is 1.33 bits per heavy atom. The Hall–Kier alpha value is -1.68. The summed E-state index contributed by atoms with van der Waals surface area (Å²) in [5, 5.41) is 0. The maximum Gasteiger partial charge on any atom is 0.215 e. The number of hydrogen-bond acceptors (Lipinski definition) is 3. The predicted octanol–water partition coefficient (Wildman–Crippen LogP) is 3.39. The Morgan fingerprint density at radius 3 is 2.78 bits per heavy atom. The van der Waals surface area contributed by atoms with Crippen LogP contribution < -0.4 is 4.74 Å². The van der Waals surface area contributed by atoms with E-state index < -0.39 is 0 Å². The van der Waals surface area contributed by atoms with Crippen molar-refractivity contribution in [3.05, 3.63) is 57.8 Å². The number of nitrogens with zero attached hydrogens (tertiary/aromatic N) is 1. The van der Waals surface area contributed by atoms with Crippen molar-refractivity contribution < 1.29 is 9.53 Å². The van der Waals surface area contributed by atoms with E-state index in [2.05, 4.69) is 20.9 Å². The number of carbonyl (C=O) groups excluding carboxylic acids is 1. The Labute approximate surface area is 114 Å². The molecule has 0 bridgehead atoms. The zero-order valence-electron chi connectivity index (χ0n) is 10.1. The van der Waals surface area contributed by atoms with Crippen LogP contribution in [0.2, 0.25) is 0 Å². The van der Waals surface area contributed by atoms with E-state index in [1.807, 2.05) is 19.1 Å². The standard InChI is InChI=1S/C14H12BrNO2/c1-9-8-10(5-6-11(9)15)14(17)13-12(18-2)4-3-7-16-13/h3-8H,1-2H3. The third-order valence-electron chi connectivity index (χ3n) is 2.63. The lowest BCUT2D eigenvalue weighted by Gasteiger charge is -2.07. The molecule has 0 aliphatic carbocycles. The molecule has 0 aliphatic rings. The summed E-state index contributed by atoms with van der Waals surface area (Å²) in [4.78, 5) is 16.4. The van der Waals surface area contributed by atoms with Crippen LogP contribution in [0.4, 0.5) is 0 Å². The molecule has 0 radical (unpaired) electrons. The van der Waals surface area contributed by atoms with Gasteiger partial charge in [-0.3, -0.25) is 4.79 Å². The summed E-state index contributed by atoms with van der Waals surface area (Å²) < 4.78 is 6.13. The fraction of sp³-hybridized carbons (Fsp3) is 0.143. The minimum atomic E-state index is -0.136. The van der Waals surface area contributed by atoms with Gasteiger partial charge in [-0.25, -0.2) is 4.98 Å². The van der Waals surface area contributed by atoms with E-state index in [-0.39, 0.29) is 5.78 Å². The van der Waals surface area contributed by atoms with Crippen molar-refractivity contribution >= 4 is 21.7 Å². The van der Waals surface area contributed by atoms with Gasteiger partial charge in [0.05, 0.1) is 7.11 Å². The molecule has 1 aromatic carbocycles. The molecule has 92 valence electrons. The molecule has 0 atom stereocenters. The molecule has 1 aromatic heterocycles. The molecular formula is C14H12BrNO2. The summed E-state index contributed by atoms with van der Waals surface area (Å²) in [6.45, 7) is 1.94. The molecule has 0 fully saturated rings. The van der Waals surface area contributed by atoms with E-state index in [1.165, 1.54) is 7.11 Å². The Balaban J connectivity index is 2.44. The molecule has 0 spiro atoms. The van der Waals surface area contributed by atoms with Gasteiger partial charge in [0, 0.05) is 16.2 Å². The van der Waals surface area contributed by atoms with E-state index in [1.54, 1.807) is 24.4 Å². The monoisotopic (exact) mass is 305 g/mol. The number of benzene rings is 1. The van der Waals surface area contributed by atoms with Crippen molar-refractivity contribution in [2.75, 3.05) is 7.11 Å². The SMILES string of the molecule is COc1cccnc1C(=O)c1ccc(Br)c(C)c1. The number of methoxy groups -OCH3 is 1. The average molecular weight is 306 g/mol. The van der Waals surface area contributed by atoms with Gasteiger partial charge in [0.25, 0.3) is 0 Å². The van der Waals surface area contributed by atoms with Gasteiger partial charge in [-0.2, -0.15) is 0 Å². The van der Waals surface area contributed by atoms with Crippen molar-refractivity contribution in [2.24, 2.45) is 0 Å². The first-order valence-corrected chi connectivity index (χ1v) is 6.22. The highest BCUT2D eigenvalue weighted by molar-refractivity contribution is 9.10. The average Bonchev–Trinajstić information content (AvgIpc) is 2.41. The highest BCUT2D eigenvalue weighted by atomic mass is 79.9. The minimum Gasteiger partial charge on any atom is -0.494 e. The summed E-state index contributed by atoms with van der Waals surface area (Å²) >= 11 is 3.41. The molecule has 4 heteroatoms. The number of aryl methyl sites for hydroxylation is 1. The molecule has 2 rings (SSSR count). The number of ketones is 1. The largest absolute Gasteiger partial charge is 0.494 e. The van der Waals surface area contributed by atoms with Crippen LogP contribution in [0.1, 0.15) is 21.6 Å². The Morgan fingerprint density at radius 2 is 2.11 bits per heavy atom. The first-order valence-electron chi connectivity index (χ1n) is 5.43. The molecule has 1 heterocycles. The molecule has 18 heavy (non-hydrogen) atoms. The topological polar surface area (TPSA) is 39.2 Å². The number of rotatable bonds is 3. The van der Waals surface area contributed by atoms with E-state index in [0.717, 1.165) is 10.0 Å². The van der Waals surface area contributed by atoms with Crippen molar-refractivity contribution in [2.45, 2.75) is 6.92 Å². The van der Waals surface area contributed by atoms with E-state index >= 15 is 0 Å². The summed E-state index contributed by atoms with van der Waals surface area (Å²) in [6, 6.07) is 8.93. The van der Waals surface area contributed by atoms with Crippen molar-refractivity contribution in [3.63, 3.8) is 0 Å². The second kappa shape index (κ2) is 5.31. The normalized spacial score (nSPS) is 10.2. The first kappa shape index (κ1) is 12.8. The fourth-order valence-electron chi connectivity index (χ4n) is 1.65. The number of aromatic nitrogens is 1. The van der Waals surface area contributed by atoms with Crippen LogP contribution in [0.25, 0.3) is 0 Å². The van der Waals surface area contributed by atoms with Crippen molar-refractivity contribution in [3.8, 4) is 5.75 Å². The molecular weight excluding hydrogens is 294 g/mol. The van der Waals surface area contributed by atoms with Gasteiger partial charge in [0.15, 0.2) is 5.69 Å². The van der Waals surface area contributed by atoms with Gasteiger partial charge >= 0.3 is 0 Å². The van der Waals surface area contributed by atoms with E-state index in [4.69, 9.17) is 4.74 Å². The minimum absolute atomic E-state index is 0.136. The van der Waals surface area contributed by atoms with Gasteiger partial charge < -0.3 is 4.74 Å². The maximum atomic E-state index is 12.3. The van der Waals surface area contributed by atoms with Crippen LogP contribution in [0, 0.1) is 6.92 Å². The number of carbonyl (C=O) groups is 1. The molecule has 0 aliphatic heterocycles. The smallest absolute Gasteiger partial charge is 0.215 e. The van der Waals surface area contributed by atoms with Crippen LogP contribution in [0.3, 0.4) is 0 Å². The number of pyridine rings is 1. The molecule has 0 N–H and O–H groups in total. The summed E-state index contributed by atoms with van der Waals surface area (Å²) in [5.74, 6) is 0.353. The van der Waals surface area contributed by atoms with Gasteiger partial charge in [0.1, 0.15) is 5.75 Å². The predicted molar refractivity (Wildman–Crippen MR) is 73.1 cm³/mol. The van der Waals surface area contributed by atoms with Gasteiger partial charge in [0.2, 0.25) is 5.78 Å². The zero-order chi connectivity index (χ0) is 13.1. The van der Waals surface area contributed by atoms with E-state index in [9.17, 15) is 4.79 Å². The van der Waals surface area contributed by atoms with Crippen LogP contribution in [-0.4, -0.2) is 17.9 Å². The summed E-state index contributed by atoms with van der Waals surface area (Å²) in [5.41, 5.74) is 1.95. The highest BCUT2D eigenvalue weighted by Crippen LogP contribution is 2.22. The molecule has 2 aromatic rings. The van der Waals surface area contributed by atoms with Crippen LogP contribution >= 0.6 is 15.9 Å². The lowest BCUT2D eigenvalue weighted by Crippen LogP contribution is -2.06. The van der Waals surface area contributed by atoms with Crippen molar-refractivity contribution in [1.82, 2.24) is 4.98 Å². The Kier molecular flexibility index (Phi) is 3.77. The third-order valence-corrected chi connectivity index (χ3v) is 3.52. The lowest BCUT2D eigenvalue weighted by molar-refractivity contribution is 0.103. The zero-order valence-corrected chi connectivity index (χ0v) is 11.7. The first-order chi connectivity index (χ1) is 8.63. The molecule has 0 amide bonds. The molecule has 0 saturated carbocycles.